The largest absolute Gasteiger partial charge is 0.375 e. The number of nitrogens with zero attached hydrogens (tertiary/aromatic N) is 1. The van der Waals surface area contributed by atoms with E-state index in [9.17, 15) is 4.79 Å². The standard InChI is InChI=1S/C11H22N2O2/c1-9-8-13(6-7-15-9)10(14)4-5-11(2,3)12/h9H,4-8,12H2,1-3H3. The summed E-state index contributed by atoms with van der Waals surface area (Å²) < 4.78 is 5.39. The fraction of sp³-hybridized carbons (Fsp3) is 0.909. The zero-order valence-electron chi connectivity index (χ0n) is 9.95. The molecule has 1 saturated heterocycles. The quantitative estimate of drug-likeness (QED) is 0.754. The second kappa shape index (κ2) is 4.94. The SMILES string of the molecule is CC1CN(C(=O)CCC(C)(C)N)CCO1. The Morgan fingerprint density at radius 1 is 1.60 bits per heavy atom. The van der Waals surface area contributed by atoms with Crippen LogP contribution in [0.1, 0.15) is 33.6 Å². The summed E-state index contributed by atoms with van der Waals surface area (Å²) in [5, 5.41) is 0. The van der Waals surface area contributed by atoms with Crippen LogP contribution in [0.4, 0.5) is 0 Å². The lowest BCUT2D eigenvalue weighted by Crippen LogP contribution is -2.45. The molecule has 1 aliphatic heterocycles. The molecular formula is C11H22N2O2. The molecule has 0 aliphatic carbocycles. The Hall–Kier alpha value is -0.610. The molecule has 1 rings (SSSR count). The third-order valence-electron chi connectivity index (χ3n) is 2.58. The predicted molar refractivity (Wildman–Crippen MR) is 59.5 cm³/mol. The van der Waals surface area contributed by atoms with Gasteiger partial charge in [-0.1, -0.05) is 0 Å². The summed E-state index contributed by atoms with van der Waals surface area (Å²) in [7, 11) is 0. The highest BCUT2D eigenvalue weighted by atomic mass is 16.5. The number of ether oxygens (including phenoxy) is 1. The van der Waals surface area contributed by atoms with Gasteiger partial charge in [-0.05, 0) is 27.2 Å². The van der Waals surface area contributed by atoms with Gasteiger partial charge in [-0.25, -0.2) is 0 Å². The van der Waals surface area contributed by atoms with E-state index in [1.54, 1.807) is 0 Å². The molecule has 0 aromatic rings. The third-order valence-corrected chi connectivity index (χ3v) is 2.58. The summed E-state index contributed by atoms with van der Waals surface area (Å²) in [6.07, 6.45) is 1.43. The molecule has 2 N–H and O–H groups in total. The van der Waals surface area contributed by atoms with Gasteiger partial charge in [0.2, 0.25) is 5.91 Å². The molecule has 1 unspecified atom stereocenters. The fourth-order valence-electron chi connectivity index (χ4n) is 1.63. The minimum atomic E-state index is -0.256. The van der Waals surface area contributed by atoms with Gasteiger partial charge in [0, 0.05) is 25.0 Å². The van der Waals surface area contributed by atoms with E-state index in [4.69, 9.17) is 10.5 Å². The number of nitrogens with two attached hydrogens (primary N) is 1. The molecule has 1 heterocycles. The Bertz CT molecular complexity index is 223. The molecule has 0 aromatic carbocycles. The fourth-order valence-corrected chi connectivity index (χ4v) is 1.63. The molecule has 4 nitrogen and oxygen atoms in total. The normalized spacial score (nSPS) is 22.9. The zero-order chi connectivity index (χ0) is 11.5. The van der Waals surface area contributed by atoms with Crippen molar-refractivity contribution in [3.05, 3.63) is 0 Å². The van der Waals surface area contributed by atoms with Crippen molar-refractivity contribution in [2.75, 3.05) is 19.7 Å². The van der Waals surface area contributed by atoms with Gasteiger partial charge < -0.3 is 15.4 Å². The molecule has 0 radical (unpaired) electrons. The van der Waals surface area contributed by atoms with E-state index in [0.717, 1.165) is 6.42 Å². The molecule has 1 fully saturated rings. The second-order valence-corrected chi connectivity index (χ2v) is 5.01. The summed E-state index contributed by atoms with van der Waals surface area (Å²) in [6, 6.07) is 0. The molecule has 0 bridgehead atoms. The van der Waals surface area contributed by atoms with Crippen molar-refractivity contribution < 1.29 is 9.53 Å². The number of rotatable bonds is 3. The average molecular weight is 214 g/mol. The van der Waals surface area contributed by atoms with Crippen LogP contribution in [-0.2, 0) is 9.53 Å². The Morgan fingerprint density at radius 3 is 2.80 bits per heavy atom. The molecule has 0 saturated carbocycles. The highest BCUT2D eigenvalue weighted by molar-refractivity contribution is 5.76. The minimum absolute atomic E-state index is 0.161. The summed E-state index contributed by atoms with van der Waals surface area (Å²) >= 11 is 0. The smallest absolute Gasteiger partial charge is 0.222 e. The number of hydrogen-bond donors (Lipinski definition) is 1. The van der Waals surface area contributed by atoms with E-state index in [1.807, 2.05) is 25.7 Å². The van der Waals surface area contributed by atoms with E-state index in [2.05, 4.69) is 0 Å². The maximum atomic E-state index is 11.8. The van der Waals surface area contributed by atoms with E-state index >= 15 is 0 Å². The van der Waals surface area contributed by atoms with Gasteiger partial charge in [-0.15, -0.1) is 0 Å². The van der Waals surface area contributed by atoms with Crippen molar-refractivity contribution in [3.8, 4) is 0 Å². The maximum Gasteiger partial charge on any atom is 0.222 e. The van der Waals surface area contributed by atoms with Crippen LogP contribution >= 0.6 is 0 Å². The molecule has 4 heteroatoms. The van der Waals surface area contributed by atoms with Crippen molar-refractivity contribution in [2.24, 2.45) is 5.73 Å². The number of hydrogen-bond acceptors (Lipinski definition) is 3. The molecule has 88 valence electrons. The first-order valence-corrected chi connectivity index (χ1v) is 5.57. The monoisotopic (exact) mass is 214 g/mol. The van der Waals surface area contributed by atoms with Crippen molar-refractivity contribution >= 4 is 5.91 Å². The van der Waals surface area contributed by atoms with Gasteiger partial charge in [0.15, 0.2) is 0 Å². The maximum absolute atomic E-state index is 11.8. The first-order chi connectivity index (χ1) is 6.88. The molecule has 1 amide bonds. The number of morpholine rings is 1. The van der Waals surface area contributed by atoms with Crippen molar-refractivity contribution in [1.29, 1.82) is 0 Å². The van der Waals surface area contributed by atoms with E-state index in [1.165, 1.54) is 0 Å². The van der Waals surface area contributed by atoms with Gasteiger partial charge in [0.05, 0.1) is 12.7 Å². The zero-order valence-corrected chi connectivity index (χ0v) is 9.95. The van der Waals surface area contributed by atoms with Crippen LogP contribution in [0, 0.1) is 0 Å². The van der Waals surface area contributed by atoms with Crippen LogP contribution in [0.25, 0.3) is 0 Å². The summed E-state index contributed by atoms with van der Waals surface area (Å²) in [5.74, 6) is 0.198. The Labute approximate surface area is 91.8 Å². The number of amides is 1. The van der Waals surface area contributed by atoms with Crippen LogP contribution in [0.3, 0.4) is 0 Å². The number of carbonyl (C=O) groups excluding carboxylic acids is 1. The van der Waals surface area contributed by atoms with Gasteiger partial charge in [0.1, 0.15) is 0 Å². The Morgan fingerprint density at radius 2 is 2.27 bits per heavy atom. The molecular weight excluding hydrogens is 192 g/mol. The highest BCUT2D eigenvalue weighted by Gasteiger charge is 2.22. The minimum Gasteiger partial charge on any atom is -0.375 e. The number of carbonyl (C=O) groups is 1. The molecule has 1 atom stereocenters. The van der Waals surface area contributed by atoms with E-state index in [0.29, 0.717) is 26.1 Å². The van der Waals surface area contributed by atoms with E-state index in [-0.39, 0.29) is 17.6 Å². The van der Waals surface area contributed by atoms with E-state index < -0.39 is 0 Å². The molecule has 0 spiro atoms. The molecule has 1 aliphatic rings. The summed E-state index contributed by atoms with van der Waals surface area (Å²) in [4.78, 5) is 13.7. The van der Waals surface area contributed by atoms with Crippen LogP contribution in [-0.4, -0.2) is 42.1 Å². The molecule has 15 heavy (non-hydrogen) atoms. The lowest BCUT2D eigenvalue weighted by Gasteiger charge is -2.32. The van der Waals surface area contributed by atoms with Crippen LogP contribution in [0.5, 0.6) is 0 Å². The van der Waals surface area contributed by atoms with Crippen molar-refractivity contribution in [1.82, 2.24) is 4.90 Å². The van der Waals surface area contributed by atoms with Crippen molar-refractivity contribution in [3.63, 3.8) is 0 Å². The Kier molecular flexibility index (Phi) is 4.11. The highest BCUT2D eigenvalue weighted by Crippen LogP contribution is 2.11. The van der Waals surface area contributed by atoms with Crippen LogP contribution in [0.15, 0.2) is 0 Å². The average Bonchev–Trinajstić information content (AvgIpc) is 2.13. The summed E-state index contributed by atoms with van der Waals surface area (Å²) in [5.41, 5.74) is 5.59. The topological polar surface area (TPSA) is 55.6 Å². The van der Waals surface area contributed by atoms with Crippen LogP contribution in [0.2, 0.25) is 0 Å². The lowest BCUT2D eigenvalue weighted by atomic mass is 9.99. The van der Waals surface area contributed by atoms with Gasteiger partial charge >= 0.3 is 0 Å². The predicted octanol–water partition coefficient (Wildman–Crippen LogP) is 0.751. The Balaban J connectivity index is 2.33. The second-order valence-electron chi connectivity index (χ2n) is 5.01. The van der Waals surface area contributed by atoms with Crippen molar-refractivity contribution in [2.45, 2.75) is 45.3 Å². The first kappa shape index (κ1) is 12.5. The summed E-state index contributed by atoms with van der Waals surface area (Å²) in [6.45, 7) is 7.97. The first-order valence-electron chi connectivity index (χ1n) is 5.57. The third kappa shape index (κ3) is 4.62. The van der Waals surface area contributed by atoms with Gasteiger partial charge in [-0.2, -0.15) is 0 Å². The van der Waals surface area contributed by atoms with Crippen LogP contribution < -0.4 is 5.73 Å². The van der Waals surface area contributed by atoms with Gasteiger partial charge in [0.25, 0.3) is 0 Å². The van der Waals surface area contributed by atoms with Gasteiger partial charge in [-0.3, -0.25) is 4.79 Å². The lowest BCUT2D eigenvalue weighted by molar-refractivity contribution is -0.138. The molecule has 0 aromatic heterocycles.